The zero-order valence-electron chi connectivity index (χ0n) is 35.4. The molecule has 11 rings (SSSR count). The second-order valence-electron chi connectivity index (χ2n) is 16.3. The second kappa shape index (κ2) is 16.1. The Morgan fingerprint density at radius 1 is 0.460 bits per heavy atom. The van der Waals surface area contributed by atoms with Crippen molar-refractivity contribution >= 4 is 50.2 Å². The highest BCUT2D eigenvalue weighted by Gasteiger charge is 2.31. The molecule has 0 spiro atoms. The van der Waals surface area contributed by atoms with Gasteiger partial charge >= 0.3 is 0 Å². The molecule has 0 aliphatic carbocycles. The van der Waals surface area contributed by atoms with E-state index in [1.165, 1.54) is 66.5 Å². The molecule has 0 fully saturated rings. The van der Waals surface area contributed by atoms with Gasteiger partial charge in [-0.25, -0.2) is 0 Å². The van der Waals surface area contributed by atoms with Crippen LogP contribution in [0.25, 0.3) is 55.2 Å². The summed E-state index contributed by atoms with van der Waals surface area (Å²) < 4.78 is 9.16. The first-order valence-corrected chi connectivity index (χ1v) is 21.6. The third-order valence-corrected chi connectivity index (χ3v) is 12.3. The molecule has 1 aliphatic heterocycles. The van der Waals surface area contributed by atoms with E-state index in [0.29, 0.717) is 13.3 Å². The van der Waals surface area contributed by atoms with Crippen molar-refractivity contribution in [2.24, 2.45) is 0 Å². The second-order valence-corrected chi connectivity index (χ2v) is 16.3. The van der Waals surface area contributed by atoms with Gasteiger partial charge in [-0.2, -0.15) is 0 Å². The molecule has 0 unspecified atom stereocenters. The molecule has 1 aromatic heterocycles. The normalized spacial score (nSPS) is 12.2. The molecule has 2 heterocycles. The molecular formula is C58H46N4O. The van der Waals surface area contributed by atoms with Gasteiger partial charge in [-0.15, -0.1) is 0 Å². The topological polar surface area (TPSA) is 32.7 Å². The van der Waals surface area contributed by atoms with Crippen LogP contribution in [0, 0.1) is 13.8 Å². The van der Waals surface area contributed by atoms with Crippen molar-refractivity contribution < 1.29 is 4.74 Å². The summed E-state index contributed by atoms with van der Waals surface area (Å²) in [6.45, 7) is 5.59. The van der Waals surface area contributed by atoms with E-state index >= 15 is 0 Å². The van der Waals surface area contributed by atoms with Crippen molar-refractivity contribution in [3.63, 3.8) is 0 Å². The highest BCUT2D eigenvalue weighted by atomic mass is 16.5. The van der Waals surface area contributed by atoms with Crippen molar-refractivity contribution in [2.45, 2.75) is 20.5 Å². The van der Waals surface area contributed by atoms with Crippen LogP contribution in [0.1, 0.15) is 11.1 Å². The van der Waals surface area contributed by atoms with E-state index in [2.05, 4.69) is 240 Å². The van der Waals surface area contributed by atoms with E-state index in [1.54, 1.807) is 0 Å². The van der Waals surface area contributed by atoms with Crippen molar-refractivity contribution in [2.75, 3.05) is 21.8 Å². The minimum atomic E-state index is 0.594. The Kier molecular flexibility index (Phi) is 9.70. The van der Waals surface area contributed by atoms with Crippen LogP contribution in [0.3, 0.4) is 0 Å². The Bertz CT molecular complexity index is 3210. The fourth-order valence-electron chi connectivity index (χ4n) is 9.48. The van der Waals surface area contributed by atoms with Gasteiger partial charge in [-0.3, -0.25) is 0 Å². The third kappa shape index (κ3) is 7.04. The maximum atomic E-state index is 6.79. The number of aromatic nitrogens is 1. The van der Waals surface area contributed by atoms with Gasteiger partial charge in [0.1, 0.15) is 18.2 Å². The number of hydrogen-bond acceptors (Lipinski definition) is 4. The average Bonchev–Trinajstić information content (AvgIpc) is 3.87. The lowest BCUT2D eigenvalue weighted by Crippen LogP contribution is -2.24. The molecule has 0 saturated heterocycles. The number of nitrogens with zero attached hydrogens (tertiary/aromatic N) is 3. The van der Waals surface area contributed by atoms with Crippen molar-refractivity contribution in [3.8, 4) is 44.9 Å². The molecule has 5 nitrogen and oxygen atoms in total. The van der Waals surface area contributed by atoms with Gasteiger partial charge in [-0.05, 0) is 84.6 Å². The first-order valence-electron chi connectivity index (χ1n) is 21.6. The van der Waals surface area contributed by atoms with Crippen molar-refractivity contribution in [1.29, 1.82) is 0 Å². The number of fused-ring (bicyclic) bond motifs is 4. The number of ether oxygens (including phenoxy) is 1. The standard InChI is InChI=1S/C58H46N4O/c1-40-34-41(2)57(52(35-40)44-22-10-5-11-23-44)59-38-60-53-29-13-12-26-50(53)51-33-32-47(37-56(51)60)63-46-25-16-24-45(36-46)61-39-62(55-31-15-14-30-54(55)61)58-48(42-18-6-3-7-19-42)27-17-28-49(58)43-20-8-4-9-21-43/h3-37,59H,38-39H2,1-2H3. The predicted octanol–water partition coefficient (Wildman–Crippen LogP) is 15.5. The number of nitrogens with one attached hydrogen (secondary N) is 1. The van der Waals surface area contributed by atoms with Gasteiger partial charge in [0.05, 0.1) is 34.8 Å². The minimum Gasteiger partial charge on any atom is -0.457 e. The van der Waals surface area contributed by atoms with Gasteiger partial charge in [0, 0.05) is 51.0 Å². The minimum absolute atomic E-state index is 0.594. The third-order valence-electron chi connectivity index (χ3n) is 12.3. The summed E-state index contributed by atoms with van der Waals surface area (Å²) in [6, 6.07) is 75.6. The molecule has 304 valence electrons. The van der Waals surface area contributed by atoms with Gasteiger partial charge in [0.15, 0.2) is 0 Å². The van der Waals surface area contributed by atoms with Crippen LogP contribution >= 0.6 is 0 Å². The van der Waals surface area contributed by atoms with Crippen LogP contribution in [0.4, 0.5) is 28.4 Å². The highest BCUT2D eigenvalue weighted by molar-refractivity contribution is 6.08. The van der Waals surface area contributed by atoms with Crippen molar-refractivity contribution in [3.05, 3.63) is 223 Å². The Hall–Kier alpha value is -8.02. The van der Waals surface area contributed by atoms with Gasteiger partial charge < -0.3 is 24.4 Å². The maximum absolute atomic E-state index is 6.79. The zero-order chi connectivity index (χ0) is 42.3. The van der Waals surface area contributed by atoms with Crippen molar-refractivity contribution in [1.82, 2.24) is 4.57 Å². The van der Waals surface area contributed by atoms with E-state index in [-0.39, 0.29) is 0 Å². The van der Waals surface area contributed by atoms with Gasteiger partial charge in [0.2, 0.25) is 0 Å². The molecule has 0 amide bonds. The number of aryl methyl sites for hydroxylation is 2. The fourth-order valence-corrected chi connectivity index (χ4v) is 9.48. The summed E-state index contributed by atoms with van der Waals surface area (Å²) in [5.74, 6) is 1.56. The van der Waals surface area contributed by atoms with Gasteiger partial charge in [-0.1, -0.05) is 157 Å². The quantitative estimate of drug-likeness (QED) is 0.149. The monoisotopic (exact) mass is 814 g/mol. The zero-order valence-corrected chi connectivity index (χ0v) is 35.4. The number of anilines is 5. The molecule has 0 atom stereocenters. The fraction of sp³-hybridized carbons (Fsp3) is 0.0690. The Labute approximate surface area is 368 Å². The summed E-state index contributed by atoms with van der Waals surface area (Å²) >= 11 is 0. The molecule has 5 heteroatoms. The average molecular weight is 815 g/mol. The summed E-state index contributed by atoms with van der Waals surface area (Å²) in [7, 11) is 0. The highest BCUT2D eigenvalue weighted by Crippen LogP contribution is 2.50. The number of para-hydroxylation sites is 4. The lowest BCUT2D eigenvalue weighted by Gasteiger charge is -2.27. The van der Waals surface area contributed by atoms with Crippen LogP contribution in [-0.4, -0.2) is 11.2 Å². The summed E-state index contributed by atoms with van der Waals surface area (Å²) in [6.07, 6.45) is 0. The number of benzene rings is 9. The lowest BCUT2D eigenvalue weighted by atomic mass is 9.95. The Morgan fingerprint density at radius 2 is 1.03 bits per heavy atom. The predicted molar refractivity (Wildman–Crippen MR) is 264 cm³/mol. The first kappa shape index (κ1) is 37.9. The summed E-state index contributed by atoms with van der Waals surface area (Å²) in [4.78, 5) is 4.86. The summed E-state index contributed by atoms with van der Waals surface area (Å²) in [5, 5.41) is 6.27. The van der Waals surface area contributed by atoms with Crippen LogP contribution in [-0.2, 0) is 6.67 Å². The molecule has 1 aliphatic rings. The maximum Gasteiger partial charge on any atom is 0.129 e. The molecule has 1 N–H and O–H groups in total. The van der Waals surface area contributed by atoms with Crippen LogP contribution in [0.15, 0.2) is 212 Å². The SMILES string of the molecule is Cc1cc(C)c(NCn2c3ccccc3c3ccc(Oc4cccc(N5CN(c6c(-c7ccccc7)cccc6-c6ccccc6)c6ccccc65)c4)cc32)c(-c2ccccc2)c1. The molecular weight excluding hydrogens is 769 g/mol. The molecule has 0 bridgehead atoms. The van der Waals surface area contributed by atoms with Crippen LogP contribution in [0.5, 0.6) is 11.5 Å². The first-order chi connectivity index (χ1) is 31.1. The number of rotatable bonds is 10. The molecule has 0 radical (unpaired) electrons. The molecule has 10 aromatic rings. The largest absolute Gasteiger partial charge is 0.457 e. The molecule has 9 aromatic carbocycles. The van der Waals surface area contributed by atoms with E-state index in [4.69, 9.17) is 4.74 Å². The molecule has 0 saturated carbocycles. The summed E-state index contributed by atoms with van der Waals surface area (Å²) in [5.41, 5.74) is 17.6. The Morgan fingerprint density at radius 3 is 1.73 bits per heavy atom. The van der Waals surface area contributed by atoms with E-state index in [1.807, 2.05) is 6.07 Å². The van der Waals surface area contributed by atoms with Gasteiger partial charge in [0.25, 0.3) is 0 Å². The number of hydrogen-bond donors (Lipinski definition) is 1. The van der Waals surface area contributed by atoms with Crippen LogP contribution in [0.2, 0.25) is 0 Å². The smallest absolute Gasteiger partial charge is 0.129 e. The molecule has 63 heavy (non-hydrogen) atoms. The Balaban J connectivity index is 0.933. The van der Waals surface area contributed by atoms with E-state index < -0.39 is 0 Å². The van der Waals surface area contributed by atoms with E-state index in [9.17, 15) is 0 Å². The van der Waals surface area contributed by atoms with Crippen LogP contribution < -0.4 is 19.9 Å². The van der Waals surface area contributed by atoms with E-state index in [0.717, 1.165) is 39.8 Å². The lowest BCUT2D eigenvalue weighted by molar-refractivity contribution is 0.483.